The number of hydrogen-bond acceptors (Lipinski definition) is 5. The van der Waals surface area contributed by atoms with E-state index in [0.717, 1.165) is 0 Å². The number of rotatable bonds is 11. The van der Waals surface area contributed by atoms with Crippen molar-refractivity contribution >= 4 is 5.91 Å². The van der Waals surface area contributed by atoms with Gasteiger partial charge in [-0.15, -0.1) is 0 Å². The number of amides is 1. The zero-order valence-electron chi connectivity index (χ0n) is 11.0. The fourth-order valence-corrected chi connectivity index (χ4v) is 1.24. The Bertz CT molecular complexity index is 214. The molecule has 0 rings (SSSR count). The van der Waals surface area contributed by atoms with E-state index in [1.165, 1.54) is 0 Å². The molecule has 0 aromatic heterocycles. The fourth-order valence-electron chi connectivity index (χ4n) is 1.24. The van der Waals surface area contributed by atoms with Gasteiger partial charge >= 0.3 is 0 Å². The molecule has 6 heteroatoms. The van der Waals surface area contributed by atoms with Crippen molar-refractivity contribution in [2.45, 2.75) is 19.4 Å². The SMILES string of the molecule is CCNC(C)(COCCOCCOC)C(N)=O. The van der Waals surface area contributed by atoms with E-state index in [2.05, 4.69) is 5.32 Å². The van der Waals surface area contributed by atoms with E-state index < -0.39 is 11.4 Å². The lowest BCUT2D eigenvalue weighted by atomic mass is 10.0. The first-order valence-corrected chi connectivity index (χ1v) is 5.76. The lowest BCUT2D eigenvalue weighted by Gasteiger charge is -2.26. The summed E-state index contributed by atoms with van der Waals surface area (Å²) in [6.45, 7) is 6.55. The second-order valence-electron chi connectivity index (χ2n) is 3.88. The highest BCUT2D eigenvalue weighted by Crippen LogP contribution is 2.03. The molecule has 0 aliphatic carbocycles. The molecule has 1 amide bonds. The van der Waals surface area contributed by atoms with Crippen LogP contribution in [-0.4, -0.2) is 58.1 Å². The van der Waals surface area contributed by atoms with Crippen molar-refractivity contribution in [1.29, 1.82) is 0 Å². The lowest BCUT2D eigenvalue weighted by Crippen LogP contribution is -2.56. The second kappa shape index (κ2) is 9.35. The highest BCUT2D eigenvalue weighted by molar-refractivity contribution is 5.84. The summed E-state index contributed by atoms with van der Waals surface area (Å²) >= 11 is 0. The Kier molecular flexibility index (Phi) is 8.97. The number of primary amides is 1. The normalized spacial score (nSPS) is 14.5. The van der Waals surface area contributed by atoms with Gasteiger partial charge in [0.15, 0.2) is 0 Å². The Hall–Kier alpha value is -0.690. The molecule has 1 atom stereocenters. The highest BCUT2D eigenvalue weighted by atomic mass is 16.5. The summed E-state index contributed by atoms with van der Waals surface area (Å²) in [5.41, 5.74) is 4.49. The summed E-state index contributed by atoms with van der Waals surface area (Å²) in [4.78, 5) is 11.2. The smallest absolute Gasteiger partial charge is 0.239 e. The van der Waals surface area contributed by atoms with Crippen LogP contribution in [0.3, 0.4) is 0 Å². The number of hydrogen-bond donors (Lipinski definition) is 2. The molecular formula is C11H24N2O4. The molecule has 0 spiro atoms. The van der Waals surface area contributed by atoms with Crippen LogP contribution in [0, 0.1) is 0 Å². The van der Waals surface area contributed by atoms with Crippen molar-refractivity contribution in [3.8, 4) is 0 Å². The predicted octanol–water partition coefficient (Wildman–Crippen LogP) is -0.480. The third-order valence-corrected chi connectivity index (χ3v) is 2.31. The van der Waals surface area contributed by atoms with Gasteiger partial charge in [-0.1, -0.05) is 6.92 Å². The zero-order valence-corrected chi connectivity index (χ0v) is 11.0. The Morgan fingerprint density at radius 1 is 1.24 bits per heavy atom. The molecule has 0 radical (unpaired) electrons. The Morgan fingerprint density at radius 3 is 2.35 bits per heavy atom. The van der Waals surface area contributed by atoms with Gasteiger partial charge in [0.05, 0.1) is 33.0 Å². The molecule has 102 valence electrons. The standard InChI is InChI=1S/C11H24N2O4/c1-4-13-11(2,10(12)14)9-17-8-7-16-6-5-15-3/h13H,4-9H2,1-3H3,(H2,12,14). The number of carbonyl (C=O) groups excluding carboxylic acids is 1. The monoisotopic (exact) mass is 248 g/mol. The zero-order chi connectivity index (χ0) is 13.1. The minimum Gasteiger partial charge on any atom is -0.382 e. The van der Waals surface area contributed by atoms with E-state index in [1.54, 1.807) is 14.0 Å². The van der Waals surface area contributed by atoms with Crippen molar-refractivity contribution in [3.63, 3.8) is 0 Å². The molecule has 0 heterocycles. The molecule has 1 unspecified atom stereocenters. The third kappa shape index (κ3) is 7.27. The predicted molar refractivity (Wildman–Crippen MR) is 64.8 cm³/mol. The number of carbonyl (C=O) groups is 1. The van der Waals surface area contributed by atoms with Gasteiger partial charge in [-0.25, -0.2) is 0 Å². The third-order valence-electron chi connectivity index (χ3n) is 2.31. The fraction of sp³-hybridized carbons (Fsp3) is 0.909. The average Bonchev–Trinajstić information content (AvgIpc) is 2.28. The van der Waals surface area contributed by atoms with Gasteiger partial charge < -0.3 is 25.3 Å². The number of nitrogens with two attached hydrogens (primary N) is 1. The molecule has 0 bridgehead atoms. The van der Waals surface area contributed by atoms with Crippen molar-refractivity contribution in [1.82, 2.24) is 5.32 Å². The summed E-state index contributed by atoms with van der Waals surface area (Å²) in [6, 6.07) is 0. The topological polar surface area (TPSA) is 82.8 Å². The first-order chi connectivity index (χ1) is 8.06. The molecule has 0 aromatic carbocycles. The summed E-state index contributed by atoms with van der Waals surface area (Å²) in [7, 11) is 1.62. The van der Waals surface area contributed by atoms with Crippen LogP contribution >= 0.6 is 0 Å². The Morgan fingerprint density at radius 2 is 1.82 bits per heavy atom. The van der Waals surface area contributed by atoms with E-state index >= 15 is 0 Å². The summed E-state index contributed by atoms with van der Waals surface area (Å²) in [6.07, 6.45) is 0. The summed E-state index contributed by atoms with van der Waals surface area (Å²) < 4.78 is 15.4. The first-order valence-electron chi connectivity index (χ1n) is 5.76. The van der Waals surface area contributed by atoms with Crippen molar-refractivity contribution < 1.29 is 19.0 Å². The van der Waals surface area contributed by atoms with Crippen LogP contribution in [-0.2, 0) is 19.0 Å². The minimum atomic E-state index is -0.818. The van der Waals surface area contributed by atoms with Gasteiger partial charge in [0, 0.05) is 7.11 Å². The quantitative estimate of drug-likeness (QED) is 0.483. The Balaban J connectivity index is 3.65. The van der Waals surface area contributed by atoms with E-state index in [0.29, 0.717) is 33.0 Å². The lowest BCUT2D eigenvalue weighted by molar-refractivity contribution is -0.126. The molecular weight excluding hydrogens is 224 g/mol. The number of nitrogens with one attached hydrogen (secondary N) is 1. The Labute approximate surface area is 103 Å². The van der Waals surface area contributed by atoms with Gasteiger partial charge in [-0.3, -0.25) is 4.79 Å². The van der Waals surface area contributed by atoms with Gasteiger partial charge in [-0.2, -0.15) is 0 Å². The van der Waals surface area contributed by atoms with Crippen LogP contribution in [0.15, 0.2) is 0 Å². The molecule has 3 N–H and O–H groups in total. The maximum atomic E-state index is 11.2. The molecule has 0 aliphatic heterocycles. The largest absolute Gasteiger partial charge is 0.382 e. The molecule has 6 nitrogen and oxygen atoms in total. The van der Waals surface area contributed by atoms with E-state index in [9.17, 15) is 4.79 Å². The molecule has 0 fully saturated rings. The molecule has 0 aliphatic rings. The number of likely N-dealkylation sites (N-methyl/N-ethyl adjacent to an activating group) is 1. The highest BCUT2D eigenvalue weighted by Gasteiger charge is 2.29. The number of methoxy groups -OCH3 is 1. The van der Waals surface area contributed by atoms with Crippen LogP contribution in [0.25, 0.3) is 0 Å². The molecule has 0 saturated heterocycles. The second-order valence-corrected chi connectivity index (χ2v) is 3.88. The van der Waals surface area contributed by atoms with Gasteiger partial charge in [-0.05, 0) is 13.5 Å². The van der Waals surface area contributed by atoms with Crippen LogP contribution in [0.5, 0.6) is 0 Å². The van der Waals surface area contributed by atoms with E-state index in [1.807, 2.05) is 6.92 Å². The van der Waals surface area contributed by atoms with Crippen LogP contribution in [0.1, 0.15) is 13.8 Å². The maximum absolute atomic E-state index is 11.2. The van der Waals surface area contributed by atoms with Crippen LogP contribution < -0.4 is 11.1 Å². The van der Waals surface area contributed by atoms with E-state index in [4.69, 9.17) is 19.9 Å². The minimum absolute atomic E-state index is 0.240. The van der Waals surface area contributed by atoms with Crippen molar-refractivity contribution in [2.24, 2.45) is 5.73 Å². The first kappa shape index (κ1) is 16.3. The van der Waals surface area contributed by atoms with Gasteiger partial charge in [0.1, 0.15) is 5.54 Å². The maximum Gasteiger partial charge on any atom is 0.239 e. The van der Waals surface area contributed by atoms with Gasteiger partial charge in [0.2, 0.25) is 5.91 Å². The van der Waals surface area contributed by atoms with Crippen LogP contribution in [0.4, 0.5) is 0 Å². The van der Waals surface area contributed by atoms with Crippen molar-refractivity contribution in [3.05, 3.63) is 0 Å². The summed E-state index contributed by atoms with van der Waals surface area (Å²) in [5, 5.41) is 3.01. The van der Waals surface area contributed by atoms with Crippen molar-refractivity contribution in [2.75, 3.05) is 46.7 Å². The number of ether oxygens (including phenoxy) is 3. The average molecular weight is 248 g/mol. The van der Waals surface area contributed by atoms with Gasteiger partial charge in [0.25, 0.3) is 0 Å². The molecule has 0 aromatic rings. The molecule has 0 saturated carbocycles. The van der Waals surface area contributed by atoms with Crippen LogP contribution in [0.2, 0.25) is 0 Å². The molecule has 17 heavy (non-hydrogen) atoms. The van der Waals surface area contributed by atoms with E-state index in [-0.39, 0.29) is 6.61 Å². The summed E-state index contributed by atoms with van der Waals surface area (Å²) in [5.74, 6) is -0.417.